The third kappa shape index (κ3) is 3.82. The summed E-state index contributed by atoms with van der Waals surface area (Å²) in [5.41, 5.74) is 6.82. The van der Waals surface area contributed by atoms with Crippen LogP contribution in [0.25, 0.3) is 10.9 Å². The molecule has 2 aliphatic rings. The van der Waals surface area contributed by atoms with Gasteiger partial charge in [-0.25, -0.2) is 4.79 Å². The summed E-state index contributed by atoms with van der Waals surface area (Å²) >= 11 is 0. The molecule has 33 heavy (non-hydrogen) atoms. The quantitative estimate of drug-likeness (QED) is 0.522. The summed E-state index contributed by atoms with van der Waals surface area (Å²) in [6, 6.07) is 13.2. The second-order valence-corrected chi connectivity index (χ2v) is 8.86. The van der Waals surface area contributed by atoms with Crippen molar-refractivity contribution in [3.8, 4) is 11.5 Å². The molecule has 1 saturated carbocycles. The number of nitrogen functional groups attached to an aromatic ring is 1. The van der Waals surface area contributed by atoms with Gasteiger partial charge in [0, 0.05) is 25.2 Å². The number of hydrogen-bond donors (Lipinski definition) is 2. The standard InChI is InChI=1S/C24H29N5O4/c1-32-22-20(10-9-18-21(22)28(16-7-8-16)24(31)29(26)23(18)30)27-12-11-15(13-27)19(25)14-33-17-5-3-2-4-6-17/h2-6,9-10,15-16,19H,7-8,11-14,25-26H2,1H3. The number of aromatic nitrogens is 2. The van der Waals surface area contributed by atoms with Crippen LogP contribution in [0.4, 0.5) is 5.69 Å². The Morgan fingerprint density at radius 1 is 1.09 bits per heavy atom. The van der Waals surface area contributed by atoms with Gasteiger partial charge in [0.1, 0.15) is 17.9 Å². The summed E-state index contributed by atoms with van der Waals surface area (Å²) in [4.78, 5) is 27.7. The molecule has 2 fully saturated rings. The minimum Gasteiger partial charge on any atom is -0.492 e. The third-order valence-electron chi connectivity index (χ3n) is 6.69. The van der Waals surface area contributed by atoms with Crippen LogP contribution in [0, 0.1) is 5.92 Å². The average Bonchev–Trinajstić information content (AvgIpc) is 3.55. The van der Waals surface area contributed by atoms with E-state index in [1.807, 2.05) is 36.4 Å². The van der Waals surface area contributed by atoms with E-state index in [1.165, 1.54) is 0 Å². The fourth-order valence-corrected chi connectivity index (χ4v) is 4.72. The molecule has 0 radical (unpaired) electrons. The highest BCUT2D eigenvalue weighted by molar-refractivity contribution is 5.90. The molecule has 9 nitrogen and oxygen atoms in total. The van der Waals surface area contributed by atoms with Crippen molar-refractivity contribution in [1.29, 1.82) is 0 Å². The lowest BCUT2D eigenvalue weighted by Gasteiger charge is -2.25. The number of ether oxygens (including phenoxy) is 2. The van der Waals surface area contributed by atoms with Crippen molar-refractivity contribution < 1.29 is 9.47 Å². The largest absolute Gasteiger partial charge is 0.492 e. The number of rotatable bonds is 7. The first kappa shape index (κ1) is 21.4. The van der Waals surface area contributed by atoms with Crippen molar-refractivity contribution >= 4 is 16.6 Å². The van der Waals surface area contributed by atoms with E-state index in [0.717, 1.165) is 43.8 Å². The molecule has 2 heterocycles. The molecular weight excluding hydrogens is 422 g/mol. The first-order valence-corrected chi connectivity index (χ1v) is 11.3. The topological polar surface area (TPSA) is 118 Å². The molecule has 4 N–H and O–H groups in total. The molecule has 3 aromatic rings. The molecule has 1 aliphatic heterocycles. The van der Waals surface area contributed by atoms with Gasteiger partial charge in [-0.15, -0.1) is 0 Å². The number of para-hydroxylation sites is 1. The lowest BCUT2D eigenvalue weighted by Crippen LogP contribution is -2.44. The Hall–Kier alpha value is -3.46. The maximum atomic E-state index is 12.8. The highest BCUT2D eigenvalue weighted by Crippen LogP contribution is 2.42. The van der Waals surface area contributed by atoms with Gasteiger partial charge >= 0.3 is 5.69 Å². The summed E-state index contributed by atoms with van der Waals surface area (Å²) in [5.74, 6) is 7.37. The van der Waals surface area contributed by atoms with E-state index in [2.05, 4.69) is 4.90 Å². The predicted molar refractivity (Wildman–Crippen MR) is 128 cm³/mol. The van der Waals surface area contributed by atoms with Gasteiger partial charge in [-0.3, -0.25) is 9.36 Å². The van der Waals surface area contributed by atoms with Gasteiger partial charge in [-0.1, -0.05) is 18.2 Å². The Balaban J connectivity index is 1.43. The first-order valence-electron chi connectivity index (χ1n) is 11.3. The molecule has 2 unspecified atom stereocenters. The smallest absolute Gasteiger partial charge is 0.350 e. The number of hydrogen-bond acceptors (Lipinski definition) is 7. The van der Waals surface area contributed by atoms with Gasteiger partial charge in [0.05, 0.1) is 18.2 Å². The highest BCUT2D eigenvalue weighted by atomic mass is 16.5. The number of anilines is 1. The maximum Gasteiger partial charge on any atom is 0.350 e. The van der Waals surface area contributed by atoms with Gasteiger partial charge in [0.2, 0.25) is 0 Å². The lowest BCUT2D eigenvalue weighted by molar-refractivity contribution is 0.253. The average molecular weight is 452 g/mol. The van der Waals surface area contributed by atoms with Crippen LogP contribution in [0.2, 0.25) is 0 Å². The molecular formula is C24H29N5O4. The fraction of sp³-hybridized carbons (Fsp3) is 0.417. The Kier molecular flexibility index (Phi) is 5.49. The summed E-state index contributed by atoms with van der Waals surface area (Å²) < 4.78 is 14.0. The van der Waals surface area contributed by atoms with Crippen molar-refractivity contribution in [3.63, 3.8) is 0 Å². The molecule has 9 heteroatoms. The zero-order valence-electron chi connectivity index (χ0n) is 18.6. The van der Waals surface area contributed by atoms with Gasteiger partial charge in [0.25, 0.3) is 5.56 Å². The second-order valence-electron chi connectivity index (χ2n) is 8.86. The van der Waals surface area contributed by atoms with E-state index in [9.17, 15) is 9.59 Å². The van der Waals surface area contributed by atoms with Crippen LogP contribution >= 0.6 is 0 Å². The molecule has 0 amide bonds. The van der Waals surface area contributed by atoms with E-state index in [-0.39, 0.29) is 18.0 Å². The SMILES string of the molecule is COc1c(N2CCC(C(N)COc3ccccc3)C2)ccc2c(=O)n(N)c(=O)n(C3CC3)c12. The number of benzene rings is 2. The van der Waals surface area contributed by atoms with Crippen molar-refractivity contribution in [2.75, 3.05) is 37.5 Å². The number of methoxy groups -OCH3 is 1. The minimum absolute atomic E-state index is 0.0365. The Labute approximate surface area is 191 Å². The summed E-state index contributed by atoms with van der Waals surface area (Å²) in [6.07, 6.45) is 2.67. The monoisotopic (exact) mass is 451 g/mol. The molecule has 2 atom stereocenters. The van der Waals surface area contributed by atoms with E-state index in [0.29, 0.717) is 27.9 Å². The van der Waals surface area contributed by atoms with Crippen LogP contribution in [-0.4, -0.2) is 42.1 Å². The van der Waals surface area contributed by atoms with Crippen molar-refractivity contribution in [3.05, 3.63) is 63.3 Å². The molecule has 2 aromatic carbocycles. The molecule has 0 bridgehead atoms. The number of fused-ring (bicyclic) bond motifs is 1. The normalized spacial score (nSPS) is 19.1. The summed E-state index contributed by atoms with van der Waals surface area (Å²) in [7, 11) is 1.57. The van der Waals surface area contributed by atoms with Gasteiger partial charge < -0.3 is 25.9 Å². The Morgan fingerprint density at radius 3 is 2.55 bits per heavy atom. The zero-order chi connectivity index (χ0) is 23.1. The molecule has 1 aromatic heterocycles. The lowest BCUT2D eigenvalue weighted by atomic mass is 10.0. The molecule has 174 valence electrons. The van der Waals surface area contributed by atoms with Gasteiger partial charge in [-0.2, -0.15) is 4.68 Å². The van der Waals surface area contributed by atoms with Crippen LogP contribution < -0.4 is 37.2 Å². The summed E-state index contributed by atoms with van der Waals surface area (Å²) in [5, 5.41) is 0.383. The van der Waals surface area contributed by atoms with Crippen molar-refractivity contribution in [2.45, 2.75) is 31.3 Å². The van der Waals surface area contributed by atoms with E-state index >= 15 is 0 Å². The van der Waals surface area contributed by atoms with Crippen molar-refractivity contribution in [1.82, 2.24) is 9.24 Å². The third-order valence-corrected chi connectivity index (χ3v) is 6.69. The number of nitrogens with zero attached hydrogens (tertiary/aromatic N) is 3. The molecule has 0 spiro atoms. The van der Waals surface area contributed by atoms with Crippen LogP contribution in [-0.2, 0) is 0 Å². The first-order chi connectivity index (χ1) is 16.0. The van der Waals surface area contributed by atoms with E-state index < -0.39 is 11.2 Å². The second kappa shape index (κ2) is 8.47. The number of nitrogens with two attached hydrogens (primary N) is 2. The highest BCUT2D eigenvalue weighted by Gasteiger charge is 2.33. The van der Waals surface area contributed by atoms with Gasteiger partial charge in [0.15, 0.2) is 5.75 Å². The minimum atomic E-state index is -0.517. The molecule has 5 rings (SSSR count). The fourth-order valence-electron chi connectivity index (χ4n) is 4.72. The van der Waals surface area contributed by atoms with E-state index in [4.69, 9.17) is 21.1 Å². The maximum absolute atomic E-state index is 12.8. The van der Waals surface area contributed by atoms with Crippen LogP contribution in [0.15, 0.2) is 52.1 Å². The van der Waals surface area contributed by atoms with Crippen LogP contribution in [0.5, 0.6) is 11.5 Å². The van der Waals surface area contributed by atoms with E-state index in [1.54, 1.807) is 17.7 Å². The predicted octanol–water partition coefficient (Wildman–Crippen LogP) is 1.45. The van der Waals surface area contributed by atoms with Crippen LogP contribution in [0.1, 0.15) is 25.3 Å². The summed E-state index contributed by atoms with van der Waals surface area (Å²) in [6.45, 7) is 1.98. The Bertz CT molecular complexity index is 1280. The molecule has 1 aliphatic carbocycles. The van der Waals surface area contributed by atoms with Gasteiger partial charge in [-0.05, 0) is 49.4 Å². The molecule has 1 saturated heterocycles. The van der Waals surface area contributed by atoms with Crippen molar-refractivity contribution in [2.24, 2.45) is 11.7 Å². The van der Waals surface area contributed by atoms with Crippen LogP contribution in [0.3, 0.4) is 0 Å². The zero-order valence-corrected chi connectivity index (χ0v) is 18.6. The Morgan fingerprint density at radius 2 is 1.85 bits per heavy atom.